The van der Waals surface area contributed by atoms with Gasteiger partial charge in [-0.2, -0.15) is 15.0 Å². The predicted molar refractivity (Wildman–Crippen MR) is 96.8 cm³/mol. The van der Waals surface area contributed by atoms with Crippen LogP contribution in [0.25, 0.3) is 11.4 Å². The molecule has 2 N–H and O–H groups in total. The van der Waals surface area contributed by atoms with E-state index in [1.54, 1.807) is 0 Å². The van der Waals surface area contributed by atoms with E-state index in [9.17, 15) is 8.78 Å². The number of nitrogens with zero attached hydrogens (tertiary/aromatic N) is 3. The molecule has 7 heteroatoms. The Hall–Kier alpha value is -2.31. The molecule has 2 aliphatic rings. The predicted octanol–water partition coefficient (Wildman–Crippen LogP) is 4.24. The number of benzene rings is 1. The van der Waals surface area contributed by atoms with E-state index in [-0.39, 0.29) is 23.5 Å². The first-order chi connectivity index (χ1) is 12.5. The van der Waals surface area contributed by atoms with E-state index in [1.165, 1.54) is 25.7 Å². The maximum absolute atomic E-state index is 14.2. The maximum Gasteiger partial charge on any atom is 0.228 e. The van der Waals surface area contributed by atoms with Crippen LogP contribution in [0.2, 0.25) is 0 Å². The Morgan fingerprint density at radius 3 is 1.92 bits per heavy atom. The van der Waals surface area contributed by atoms with Crippen molar-refractivity contribution in [3.63, 3.8) is 0 Å². The molecule has 0 amide bonds. The Kier molecular flexibility index (Phi) is 4.46. The summed E-state index contributed by atoms with van der Waals surface area (Å²) < 4.78 is 27.8. The molecule has 0 aliphatic heterocycles. The van der Waals surface area contributed by atoms with Crippen LogP contribution in [0.4, 0.5) is 20.7 Å². The zero-order chi connectivity index (χ0) is 18.3. The molecule has 2 atom stereocenters. The van der Waals surface area contributed by atoms with Crippen LogP contribution in [0, 0.1) is 23.5 Å². The minimum absolute atomic E-state index is 0.0386. The molecule has 0 spiro atoms. The van der Waals surface area contributed by atoms with Crippen LogP contribution in [0.1, 0.15) is 39.5 Å². The third-order valence-corrected chi connectivity index (χ3v) is 5.18. The molecular formula is C19H23F2N5. The van der Waals surface area contributed by atoms with Gasteiger partial charge in [0, 0.05) is 12.1 Å². The molecule has 1 aromatic heterocycles. The van der Waals surface area contributed by atoms with Crippen molar-refractivity contribution in [1.29, 1.82) is 0 Å². The molecule has 1 aromatic carbocycles. The molecule has 0 saturated heterocycles. The lowest BCUT2D eigenvalue weighted by Crippen LogP contribution is -2.23. The van der Waals surface area contributed by atoms with Gasteiger partial charge in [0.05, 0.1) is 5.56 Å². The topological polar surface area (TPSA) is 62.7 Å². The van der Waals surface area contributed by atoms with Crippen molar-refractivity contribution < 1.29 is 8.78 Å². The Bertz CT molecular complexity index is 766. The quantitative estimate of drug-likeness (QED) is 0.774. The molecule has 2 aliphatic carbocycles. The summed E-state index contributed by atoms with van der Waals surface area (Å²) in [6.45, 7) is 4.17. The lowest BCUT2D eigenvalue weighted by molar-refractivity contribution is 0.602. The number of nitrogens with one attached hydrogen (secondary N) is 2. The highest BCUT2D eigenvalue weighted by molar-refractivity contribution is 5.59. The molecule has 2 unspecified atom stereocenters. The highest BCUT2D eigenvalue weighted by atomic mass is 19.1. The van der Waals surface area contributed by atoms with Crippen molar-refractivity contribution in [3.05, 3.63) is 29.8 Å². The summed E-state index contributed by atoms with van der Waals surface area (Å²) in [4.78, 5) is 13.1. The highest BCUT2D eigenvalue weighted by Crippen LogP contribution is 2.35. The molecule has 5 nitrogen and oxygen atoms in total. The summed E-state index contributed by atoms with van der Waals surface area (Å²) in [5.41, 5.74) is 0.0386. The Morgan fingerprint density at radius 2 is 1.42 bits per heavy atom. The van der Waals surface area contributed by atoms with Crippen molar-refractivity contribution in [2.24, 2.45) is 11.8 Å². The second-order valence-electron chi connectivity index (χ2n) is 7.47. The van der Waals surface area contributed by atoms with E-state index < -0.39 is 11.6 Å². The Labute approximate surface area is 151 Å². The molecule has 0 bridgehead atoms. The van der Waals surface area contributed by atoms with Gasteiger partial charge < -0.3 is 10.6 Å². The maximum atomic E-state index is 14.2. The van der Waals surface area contributed by atoms with Gasteiger partial charge in [0.1, 0.15) is 11.6 Å². The van der Waals surface area contributed by atoms with Gasteiger partial charge in [-0.25, -0.2) is 8.78 Å². The third kappa shape index (κ3) is 3.92. The third-order valence-electron chi connectivity index (χ3n) is 5.18. The molecule has 0 radical (unpaired) electrons. The number of aromatic nitrogens is 3. The molecule has 2 fully saturated rings. The molecule has 26 heavy (non-hydrogen) atoms. The molecule has 1 heterocycles. The minimum atomic E-state index is -0.556. The van der Waals surface area contributed by atoms with Gasteiger partial charge in [0.2, 0.25) is 11.9 Å². The summed E-state index contributed by atoms with van der Waals surface area (Å²) in [6.07, 6.45) is 4.76. The first-order valence-electron chi connectivity index (χ1n) is 9.24. The number of halogens is 2. The van der Waals surface area contributed by atoms with Gasteiger partial charge >= 0.3 is 0 Å². The van der Waals surface area contributed by atoms with Gasteiger partial charge in [0.15, 0.2) is 5.82 Å². The van der Waals surface area contributed by atoms with E-state index in [2.05, 4.69) is 39.4 Å². The smallest absolute Gasteiger partial charge is 0.228 e. The molecule has 4 rings (SSSR count). The van der Waals surface area contributed by atoms with Gasteiger partial charge in [-0.1, -0.05) is 0 Å². The van der Waals surface area contributed by atoms with Crippen LogP contribution in [0.5, 0.6) is 0 Å². The van der Waals surface area contributed by atoms with E-state index >= 15 is 0 Å². The van der Waals surface area contributed by atoms with E-state index in [4.69, 9.17) is 0 Å². The van der Waals surface area contributed by atoms with Crippen molar-refractivity contribution in [2.75, 3.05) is 10.6 Å². The lowest BCUT2D eigenvalue weighted by atomic mass is 10.2. The largest absolute Gasteiger partial charge is 0.351 e. The van der Waals surface area contributed by atoms with Crippen LogP contribution >= 0.6 is 0 Å². The van der Waals surface area contributed by atoms with Crippen molar-refractivity contribution >= 4 is 11.9 Å². The Morgan fingerprint density at radius 1 is 0.885 bits per heavy atom. The van der Waals surface area contributed by atoms with Crippen LogP contribution in [0.15, 0.2) is 18.2 Å². The fourth-order valence-corrected chi connectivity index (χ4v) is 3.13. The van der Waals surface area contributed by atoms with Crippen molar-refractivity contribution in [3.8, 4) is 11.4 Å². The van der Waals surface area contributed by atoms with Crippen LogP contribution < -0.4 is 10.6 Å². The fraction of sp³-hybridized carbons (Fsp3) is 0.526. The van der Waals surface area contributed by atoms with Crippen molar-refractivity contribution in [2.45, 2.75) is 51.6 Å². The number of hydrogen-bond acceptors (Lipinski definition) is 5. The summed E-state index contributed by atoms with van der Waals surface area (Å²) >= 11 is 0. The first-order valence-corrected chi connectivity index (χ1v) is 9.24. The average Bonchev–Trinajstić information content (AvgIpc) is 3.49. The van der Waals surface area contributed by atoms with Crippen LogP contribution in [0.3, 0.4) is 0 Å². The highest BCUT2D eigenvalue weighted by Gasteiger charge is 2.30. The standard InChI is InChI=1S/C19H23F2N5/c1-10(12-3-4-12)22-18-24-17(15-9-14(20)7-8-16(15)21)25-19(26-18)23-11(2)13-5-6-13/h7-13H,3-6H2,1-2H3,(H2,22,23,24,25,26). The van der Waals surface area contributed by atoms with Crippen LogP contribution in [-0.4, -0.2) is 27.0 Å². The molecule has 2 aromatic rings. The fourth-order valence-electron chi connectivity index (χ4n) is 3.13. The molecule has 138 valence electrons. The van der Waals surface area contributed by atoms with E-state index in [1.807, 2.05) is 0 Å². The van der Waals surface area contributed by atoms with E-state index in [0.717, 1.165) is 18.2 Å². The zero-order valence-corrected chi connectivity index (χ0v) is 15.0. The zero-order valence-electron chi connectivity index (χ0n) is 15.0. The minimum Gasteiger partial charge on any atom is -0.351 e. The SMILES string of the molecule is CC(Nc1nc(NC(C)C2CC2)nc(-c2cc(F)ccc2F)n1)C1CC1. The van der Waals surface area contributed by atoms with Gasteiger partial charge in [-0.05, 0) is 69.6 Å². The van der Waals surface area contributed by atoms with E-state index in [0.29, 0.717) is 23.7 Å². The molecular weight excluding hydrogens is 336 g/mol. The summed E-state index contributed by atoms with van der Waals surface area (Å²) in [5, 5.41) is 6.58. The Balaban J connectivity index is 1.67. The van der Waals surface area contributed by atoms with Gasteiger partial charge in [-0.3, -0.25) is 0 Å². The number of hydrogen-bond donors (Lipinski definition) is 2. The summed E-state index contributed by atoms with van der Waals surface area (Å²) in [6, 6.07) is 3.76. The van der Waals surface area contributed by atoms with Crippen molar-refractivity contribution in [1.82, 2.24) is 15.0 Å². The summed E-state index contributed by atoms with van der Waals surface area (Å²) in [5.74, 6) is 1.06. The number of rotatable bonds is 7. The molecule has 2 saturated carbocycles. The average molecular weight is 359 g/mol. The second-order valence-corrected chi connectivity index (χ2v) is 7.47. The van der Waals surface area contributed by atoms with Gasteiger partial charge in [0.25, 0.3) is 0 Å². The number of anilines is 2. The van der Waals surface area contributed by atoms with Crippen LogP contribution in [-0.2, 0) is 0 Å². The normalized spacial score (nSPS) is 19.1. The lowest BCUT2D eigenvalue weighted by Gasteiger charge is -2.17. The monoisotopic (exact) mass is 359 g/mol. The summed E-state index contributed by atoms with van der Waals surface area (Å²) in [7, 11) is 0. The first kappa shape index (κ1) is 17.1. The second kappa shape index (κ2) is 6.78. The van der Waals surface area contributed by atoms with Gasteiger partial charge in [-0.15, -0.1) is 0 Å².